The Labute approximate surface area is 167 Å². The first kappa shape index (κ1) is 19.8. The van der Waals surface area contributed by atoms with Gasteiger partial charge in [0.15, 0.2) is 0 Å². The number of benzene rings is 2. The lowest BCUT2D eigenvalue weighted by Gasteiger charge is -2.12. The molecular formula is C19H16ClN3O4S. The van der Waals surface area contributed by atoms with Gasteiger partial charge in [-0.15, -0.1) is 0 Å². The summed E-state index contributed by atoms with van der Waals surface area (Å²) in [4.78, 5) is 15.8. The molecule has 0 aliphatic rings. The number of carbonyl (C=O) groups excluding carboxylic acids is 1. The molecule has 0 atom stereocenters. The van der Waals surface area contributed by atoms with Gasteiger partial charge in [-0.2, -0.15) is 0 Å². The van der Waals surface area contributed by atoms with E-state index in [1.165, 1.54) is 18.2 Å². The van der Waals surface area contributed by atoms with Crippen molar-refractivity contribution >= 4 is 33.2 Å². The molecule has 0 unspecified atom stereocenters. The van der Waals surface area contributed by atoms with Crippen molar-refractivity contribution in [1.29, 1.82) is 0 Å². The number of rotatable bonds is 6. The predicted octanol–water partition coefficient (Wildman–Crippen LogP) is 3.36. The highest BCUT2D eigenvalue weighted by Crippen LogP contribution is 2.31. The molecule has 0 fully saturated rings. The number of ether oxygens (including phenoxy) is 1. The molecule has 1 aromatic heterocycles. The maximum Gasteiger partial charge on any atom is 0.241 e. The summed E-state index contributed by atoms with van der Waals surface area (Å²) in [7, 11) is -4.10. The van der Waals surface area contributed by atoms with Crippen LogP contribution in [0.2, 0.25) is 5.02 Å². The molecule has 9 heteroatoms. The summed E-state index contributed by atoms with van der Waals surface area (Å²) in [5.41, 5.74) is 1.06. The van der Waals surface area contributed by atoms with Gasteiger partial charge in [0, 0.05) is 23.1 Å². The van der Waals surface area contributed by atoms with Crippen LogP contribution in [0.4, 0.5) is 5.69 Å². The van der Waals surface area contributed by atoms with Gasteiger partial charge >= 0.3 is 0 Å². The van der Waals surface area contributed by atoms with Crippen LogP contribution in [0.1, 0.15) is 5.56 Å². The molecule has 3 rings (SSSR count). The van der Waals surface area contributed by atoms with Crippen LogP contribution >= 0.6 is 11.6 Å². The summed E-state index contributed by atoms with van der Waals surface area (Å²) >= 11 is 5.92. The number of hydrogen-bond acceptors (Lipinski definition) is 5. The van der Waals surface area contributed by atoms with E-state index in [1.807, 2.05) is 0 Å². The zero-order valence-electron chi connectivity index (χ0n) is 14.5. The van der Waals surface area contributed by atoms with Crippen molar-refractivity contribution in [3.8, 4) is 11.5 Å². The predicted molar refractivity (Wildman–Crippen MR) is 106 cm³/mol. The van der Waals surface area contributed by atoms with Gasteiger partial charge in [0.1, 0.15) is 16.4 Å². The van der Waals surface area contributed by atoms with Crippen molar-refractivity contribution < 1.29 is 17.9 Å². The third-order valence-electron chi connectivity index (χ3n) is 3.67. The van der Waals surface area contributed by atoms with Gasteiger partial charge in [0.05, 0.1) is 6.42 Å². The maximum absolute atomic E-state index is 12.2. The van der Waals surface area contributed by atoms with Crippen molar-refractivity contribution in [2.45, 2.75) is 11.3 Å². The van der Waals surface area contributed by atoms with Gasteiger partial charge in [0.2, 0.25) is 15.9 Å². The van der Waals surface area contributed by atoms with E-state index in [9.17, 15) is 13.2 Å². The van der Waals surface area contributed by atoms with Gasteiger partial charge < -0.3 is 10.1 Å². The Bertz CT molecular complexity index is 1110. The summed E-state index contributed by atoms with van der Waals surface area (Å²) in [6.45, 7) is 0. The Morgan fingerprint density at radius 3 is 2.54 bits per heavy atom. The van der Waals surface area contributed by atoms with E-state index in [0.717, 1.165) is 5.56 Å². The van der Waals surface area contributed by atoms with Crippen molar-refractivity contribution in [2.24, 2.45) is 5.14 Å². The second-order valence-electron chi connectivity index (χ2n) is 5.85. The van der Waals surface area contributed by atoms with E-state index in [1.54, 1.807) is 48.8 Å². The fraction of sp³-hybridized carbons (Fsp3) is 0.0526. The highest BCUT2D eigenvalue weighted by atomic mass is 35.5. The Morgan fingerprint density at radius 1 is 1.11 bits per heavy atom. The Kier molecular flexibility index (Phi) is 5.93. The summed E-state index contributed by atoms with van der Waals surface area (Å²) in [5, 5.41) is 8.40. The quantitative estimate of drug-likeness (QED) is 0.638. The number of carbonyl (C=O) groups is 1. The molecule has 0 radical (unpaired) electrons. The molecule has 7 nitrogen and oxygen atoms in total. The van der Waals surface area contributed by atoms with Crippen LogP contribution in [0, 0.1) is 0 Å². The molecule has 3 aromatic rings. The average molecular weight is 418 g/mol. The smallest absolute Gasteiger partial charge is 0.241 e. The Balaban J connectivity index is 1.83. The van der Waals surface area contributed by atoms with Gasteiger partial charge in [-0.25, -0.2) is 13.6 Å². The molecule has 28 heavy (non-hydrogen) atoms. The van der Waals surface area contributed by atoms with Crippen LogP contribution in [0.5, 0.6) is 11.5 Å². The number of pyridine rings is 1. The number of nitrogens with zero attached hydrogens (tertiary/aromatic N) is 1. The minimum atomic E-state index is -4.10. The van der Waals surface area contributed by atoms with E-state index >= 15 is 0 Å². The lowest BCUT2D eigenvalue weighted by atomic mass is 10.2. The Morgan fingerprint density at radius 2 is 1.86 bits per heavy atom. The Hall–Kier alpha value is -2.94. The van der Waals surface area contributed by atoms with Crippen molar-refractivity contribution in [2.75, 3.05) is 5.32 Å². The molecule has 0 aliphatic carbocycles. The second-order valence-corrected chi connectivity index (χ2v) is 7.81. The van der Waals surface area contributed by atoms with Crippen LogP contribution in [-0.2, 0) is 21.2 Å². The fourth-order valence-electron chi connectivity index (χ4n) is 2.44. The van der Waals surface area contributed by atoms with Crippen LogP contribution in [0.15, 0.2) is 71.9 Å². The fourth-order valence-corrected chi connectivity index (χ4v) is 3.30. The average Bonchev–Trinajstić information content (AvgIpc) is 2.63. The third-order valence-corrected chi connectivity index (χ3v) is 4.84. The summed E-state index contributed by atoms with van der Waals surface area (Å²) < 4.78 is 29.6. The zero-order valence-corrected chi connectivity index (χ0v) is 16.1. The molecule has 144 valence electrons. The molecule has 0 aliphatic heterocycles. The molecule has 3 N–H and O–H groups in total. The number of hydrogen-bond donors (Lipinski definition) is 2. The summed E-state index contributed by atoms with van der Waals surface area (Å²) in [6, 6.07) is 14.1. The largest absolute Gasteiger partial charge is 0.456 e. The van der Waals surface area contributed by atoms with Crippen LogP contribution in [0.25, 0.3) is 0 Å². The molecular weight excluding hydrogens is 402 g/mol. The van der Waals surface area contributed by atoms with Crippen LogP contribution < -0.4 is 15.2 Å². The monoisotopic (exact) mass is 417 g/mol. The number of anilines is 1. The summed E-state index contributed by atoms with van der Waals surface area (Å²) in [6.07, 6.45) is 3.29. The lowest BCUT2D eigenvalue weighted by Crippen LogP contribution is -2.17. The molecule has 1 heterocycles. The molecule has 2 aromatic carbocycles. The van der Waals surface area contributed by atoms with Gasteiger partial charge in [-0.1, -0.05) is 17.7 Å². The number of halogens is 1. The maximum atomic E-state index is 12.2. The second kappa shape index (κ2) is 8.39. The normalized spacial score (nSPS) is 11.1. The number of sulfonamides is 1. The topological polar surface area (TPSA) is 111 Å². The van der Waals surface area contributed by atoms with E-state index in [0.29, 0.717) is 10.8 Å². The van der Waals surface area contributed by atoms with E-state index in [2.05, 4.69) is 10.3 Å². The number of aromatic nitrogens is 1. The highest BCUT2D eigenvalue weighted by molar-refractivity contribution is 7.89. The SMILES string of the molecule is NS(=O)(=O)c1cc(NC(=O)Cc2ccncc2)ccc1Oc1cccc(Cl)c1. The molecule has 0 saturated carbocycles. The number of primary sulfonamides is 1. The number of nitrogens with two attached hydrogens (primary N) is 1. The zero-order chi connectivity index (χ0) is 20.1. The van der Waals surface area contributed by atoms with Crippen molar-refractivity contribution in [1.82, 2.24) is 4.98 Å². The third kappa shape index (κ3) is 5.29. The van der Waals surface area contributed by atoms with Gasteiger partial charge in [-0.3, -0.25) is 9.78 Å². The molecule has 1 amide bonds. The van der Waals surface area contributed by atoms with Gasteiger partial charge in [0.25, 0.3) is 0 Å². The van der Waals surface area contributed by atoms with E-state index < -0.39 is 10.0 Å². The first-order chi connectivity index (χ1) is 13.3. The molecule has 0 bridgehead atoms. The standard InChI is InChI=1S/C19H16ClN3O4S/c20-14-2-1-3-16(11-14)27-17-5-4-15(12-18(17)28(21,25)26)23-19(24)10-13-6-8-22-9-7-13/h1-9,11-12H,10H2,(H,23,24)(H2,21,25,26). The van der Waals surface area contributed by atoms with Crippen LogP contribution in [0.3, 0.4) is 0 Å². The molecule has 0 saturated heterocycles. The van der Waals surface area contributed by atoms with E-state index in [-0.39, 0.29) is 28.7 Å². The van der Waals surface area contributed by atoms with E-state index in [4.69, 9.17) is 21.5 Å². The minimum absolute atomic E-state index is 0.0249. The van der Waals surface area contributed by atoms with Crippen molar-refractivity contribution in [3.63, 3.8) is 0 Å². The number of nitrogens with one attached hydrogen (secondary N) is 1. The minimum Gasteiger partial charge on any atom is -0.456 e. The first-order valence-electron chi connectivity index (χ1n) is 8.10. The highest BCUT2D eigenvalue weighted by Gasteiger charge is 2.18. The number of amides is 1. The van der Waals surface area contributed by atoms with Crippen LogP contribution in [-0.4, -0.2) is 19.3 Å². The molecule has 0 spiro atoms. The summed E-state index contributed by atoms with van der Waals surface area (Å²) in [5.74, 6) is 0.0684. The van der Waals surface area contributed by atoms with Gasteiger partial charge in [-0.05, 0) is 54.1 Å². The van der Waals surface area contributed by atoms with Crippen molar-refractivity contribution in [3.05, 3.63) is 77.6 Å². The lowest BCUT2D eigenvalue weighted by molar-refractivity contribution is -0.115. The first-order valence-corrected chi connectivity index (χ1v) is 10.0.